The zero-order chi connectivity index (χ0) is 13.5. The Kier molecular flexibility index (Phi) is 5.62. The molecule has 1 aliphatic rings. The Morgan fingerprint density at radius 2 is 2.28 bits per heavy atom. The zero-order valence-electron chi connectivity index (χ0n) is 10.4. The Balaban J connectivity index is 2.62. The average Bonchev–Trinajstić information content (AvgIpc) is 2.79. The molecule has 100 valence electrons. The standard InChI is InChI=1S/C12H18N2O4/c1-3-5-13-6-11(15)14(4-2)10-8-18-7-9(10)12(16)17/h1,9-10,13H,4-8H2,2H3,(H,16,17). The fourth-order valence-electron chi connectivity index (χ4n) is 2.02. The molecule has 0 aromatic heterocycles. The van der Waals surface area contributed by atoms with Crippen LogP contribution in [0.5, 0.6) is 0 Å². The van der Waals surface area contributed by atoms with Gasteiger partial charge in [0.25, 0.3) is 0 Å². The van der Waals surface area contributed by atoms with E-state index in [9.17, 15) is 9.59 Å². The van der Waals surface area contributed by atoms with Crippen LogP contribution < -0.4 is 5.32 Å². The summed E-state index contributed by atoms with van der Waals surface area (Å²) < 4.78 is 5.16. The van der Waals surface area contributed by atoms with Gasteiger partial charge in [-0.15, -0.1) is 6.42 Å². The maximum atomic E-state index is 12.0. The largest absolute Gasteiger partial charge is 0.481 e. The highest BCUT2D eigenvalue weighted by molar-refractivity contribution is 5.80. The number of hydrogen-bond acceptors (Lipinski definition) is 4. The molecule has 1 saturated heterocycles. The van der Waals surface area contributed by atoms with Gasteiger partial charge in [0.2, 0.25) is 5.91 Å². The summed E-state index contributed by atoms with van der Waals surface area (Å²) in [6.07, 6.45) is 5.07. The average molecular weight is 254 g/mol. The van der Waals surface area contributed by atoms with Crippen molar-refractivity contribution in [3.8, 4) is 12.3 Å². The number of hydrogen-bond donors (Lipinski definition) is 2. The van der Waals surface area contributed by atoms with Crippen LogP contribution in [0.4, 0.5) is 0 Å². The Hall–Kier alpha value is -1.58. The lowest BCUT2D eigenvalue weighted by Crippen LogP contribution is -2.49. The summed E-state index contributed by atoms with van der Waals surface area (Å²) in [5, 5.41) is 11.9. The van der Waals surface area contributed by atoms with Gasteiger partial charge in [-0.2, -0.15) is 0 Å². The number of carboxylic acids is 1. The van der Waals surface area contributed by atoms with Crippen molar-refractivity contribution in [2.45, 2.75) is 13.0 Å². The predicted octanol–water partition coefficient (Wildman–Crippen LogP) is -0.843. The van der Waals surface area contributed by atoms with Gasteiger partial charge in [0.1, 0.15) is 5.92 Å². The number of carbonyl (C=O) groups excluding carboxylic acids is 1. The van der Waals surface area contributed by atoms with E-state index in [1.54, 1.807) is 0 Å². The van der Waals surface area contributed by atoms with Crippen LogP contribution in [-0.4, -0.2) is 60.8 Å². The normalized spacial score (nSPS) is 22.4. The molecule has 0 radical (unpaired) electrons. The first-order chi connectivity index (χ1) is 8.61. The number of rotatable bonds is 6. The van der Waals surface area contributed by atoms with E-state index < -0.39 is 17.9 Å². The van der Waals surface area contributed by atoms with E-state index in [2.05, 4.69) is 11.2 Å². The third kappa shape index (κ3) is 3.45. The van der Waals surface area contributed by atoms with Gasteiger partial charge >= 0.3 is 5.97 Å². The minimum Gasteiger partial charge on any atom is -0.481 e. The molecule has 0 aromatic rings. The summed E-state index contributed by atoms with van der Waals surface area (Å²) in [4.78, 5) is 24.5. The maximum absolute atomic E-state index is 12.0. The molecule has 0 aromatic carbocycles. The van der Waals surface area contributed by atoms with Crippen molar-refractivity contribution in [1.29, 1.82) is 0 Å². The van der Waals surface area contributed by atoms with E-state index in [4.69, 9.17) is 16.3 Å². The van der Waals surface area contributed by atoms with Crippen molar-refractivity contribution in [3.63, 3.8) is 0 Å². The van der Waals surface area contributed by atoms with Crippen LogP contribution in [0.2, 0.25) is 0 Å². The number of carbonyl (C=O) groups is 2. The number of likely N-dealkylation sites (N-methyl/N-ethyl adjacent to an activating group) is 1. The lowest BCUT2D eigenvalue weighted by atomic mass is 10.0. The molecule has 1 rings (SSSR count). The SMILES string of the molecule is C#CCNCC(=O)N(CC)C1COCC1C(=O)O. The molecule has 0 saturated carbocycles. The first-order valence-corrected chi connectivity index (χ1v) is 5.86. The summed E-state index contributed by atoms with van der Waals surface area (Å²) in [6, 6.07) is -0.396. The smallest absolute Gasteiger partial charge is 0.311 e. The molecule has 2 unspecified atom stereocenters. The molecule has 1 aliphatic heterocycles. The van der Waals surface area contributed by atoms with Gasteiger partial charge in [-0.25, -0.2) is 0 Å². The van der Waals surface area contributed by atoms with Crippen LogP contribution >= 0.6 is 0 Å². The number of ether oxygens (including phenoxy) is 1. The highest BCUT2D eigenvalue weighted by atomic mass is 16.5. The van der Waals surface area contributed by atoms with Gasteiger partial charge in [-0.1, -0.05) is 5.92 Å². The van der Waals surface area contributed by atoms with Gasteiger partial charge in [-0.3, -0.25) is 14.9 Å². The fraction of sp³-hybridized carbons (Fsp3) is 0.667. The fourth-order valence-corrected chi connectivity index (χ4v) is 2.02. The lowest BCUT2D eigenvalue weighted by molar-refractivity contribution is -0.144. The van der Waals surface area contributed by atoms with Gasteiger partial charge in [0.05, 0.1) is 32.3 Å². The van der Waals surface area contributed by atoms with Gasteiger partial charge < -0.3 is 14.7 Å². The number of carboxylic acid groups (broad SMARTS) is 1. The van der Waals surface area contributed by atoms with Crippen molar-refractivity contribution >= 4 is 11.9 Å². The molecule has 2 N–H and O–H groups in total. The summed E-state index contributed by atoms with van der Waals surface area (Å²) in [6.45, 7) is 3.12. The molecule has 1 heterocycles. The van der Waals surface area contributed by atoms with Crippen LogP contribution in [0, 0.1) is 18.3 Å². The molecule has 2 atom stereocenters. The summed E-state index contributed by atoms with van der Waals surface area (Å²) >= 11 is 0. The van der Waals surface area contributed by atoms with Crippen LogP contribution in [-0.2, 0) is 14.3 Å². The van der Waals surface area contributed by atoms with Crippen LogP contribution in [0.1, 0.15) is 6.92 Å². The van der Waals surface area contributed by atoms with Crippen molar-refractivity contribution in [2.24, 2.45) is 5.92 Å². The number of nitrogens with zero attached hydrogens (tertiary/aromatic N) is 1. The van der Waals surface area contributed by atoms with Gasteiger partial charge in [-0.05, 0) is 6.92 Å². The molecule has 18 heavy (non-hydrogen) atoms. The van der Waals surface area contributed by atoms with Crippen molar-refractivity contribution in [3.05, 3.63) is 0 Å². The van der Waals surface area contributed by atoms with E-state index >= 15 is 0 Å². The van der Waals surface area contributed by atoms with Crippen LogP contribution in [0.25, 0.3) is 0 Å². The lowest BCUT2D eigenvalue weighted by Gasteiger charge is -2.29. The second kappa shape index (κ2) is 6.99. The summed E-state index contributed by atoms with van der Waals surface area (Å²) in [5.41, 5.74) is 0. The first kappa shape index (κ1) is 14.5. The molecule has 6 heteroatoms. The highest BCUT2D eigenvalue weighted by Crippen LogP contribution is 2.20. The molecular weight excluding hydrogens is 236 g/mol. The zero-order valence-corrected chi connectivity index (χ0v) is 10.4. The minimum absolute atomic E-state index is 0.112. The van der Waals surface area contributed by atoms with E-state index in [0.717, 1.165) is 0 Å². The third-order valence-corrected chi connectivity index (χ3v) is 2.93. The first-order valence-electron chi connectivity index (χ1n) is 5.86. The number of nitrogens with one attached hydrogen (secondary N) is 1. The van der Waals surface area contributed by atoms with Gasteiger partial charge in [0, 0.05) is 6.54 Å². The monoisotopic (exact) mass is 254 g/mol. The van der Waals surface area contributed by atoms with E-state index in [0.29, 0.717) is 13.1 Å². The highest BCUT2D eigenvalue weighted by Gasteiger charge is 2.39. The molecule has 1 amide bonds. The number of amides is 1. The van der Waals surface area contributed by atoms with E-state index in [-0.39, 0.29) is 25.7 Å². The van der Waals surface area contributed by atoms with E-state index in [1.807, 2.05) is 6.92 Å². The minimum atomic E-state index is -0.930. The van der Waals surface area contributed by atoms with Crippen LogP contribution in [0.15, 0.2) is 0 Å². The Morgan fingerprint density at radius 1 is 1.56 bits per heavy atom. The van der Waals surface area contributed by atoms with Gasteiger partial charge in [0.15, 0.2) is 0 Å². The Bertz CT molecular complexity index is 350. The van der Waals surface area contributed by atoms with E-state index in [1.165, 1.54) is 4.90 Å². The molecule has 6 nitrogen and oxygen atoms in total. The second-order valence-corrected chi connectivity index (χ2v) is 4.04. The predicted molar refractivity (Wildman–Crippen MR) is 64.8 cm³/mol. The number of terminal acetylenes is 1. The molecule has 0 spiro atoms. The topological polar surface area (TPSA) is 78.9 Å². The molecule has 0 bridgehead atoms. The summed E-state index contributed by atoms with van der Waals surface area (Å²) in [7, 11) is 0. The Labute approximate surface area is 106 Å². The maximum Gasteiger partial charge on any atom is 0.311 e. The third-order valence-electron chi connectivity index (χ3n) is 2.93. The van der Waals surface area contributed by atoms with Crippen molar-refractivity contribution in [2.75, 3.05) is 32.8 Å². The molecule has 0 aliphatic carbocycles. The molecular formula is C12H18N2O4. The van der Waals surface area contributed by atoms with Crippen LogP contribution in [0.3, 0.4) is 0 Å². The Morgan fingerprint density at radius 3 is 2.83 bits per heavy atom. The quantitative estimate of drug-likeness (QED) is 0.477. The molecule has 1 fully saturated rings. The second-order valence-electron chi connectivity index (χ2n) is 4.04. The number of aliphatic carboxylic acids is 1. The van der Waals surface area contributed by atoms with Crippen molar-refractivity contribution in [1.82, 2.24) is 10.2 Å². The van der Waals surface area contributed by atoms with Crippen molar-refractivity contribution < 1.29 is 19.4 Å². The summed E-state index contributed by atoms with van der Waals surface area (Å²) in [5.74, 6) is 0.636.